The first-order chi connectivity index (χ1) is 12.1. The van der Waals surface area contributed by atoms with Crippen molar-refractivity contribution in [3.05, 3.63) is 59.3 Å². The Balaban J connectivity index is 1.76. The van der Waals surface area contributed by atoms with E-state index in [0.717, 1.165) is 5.56 Å². The second kappa shape index (κ2) is 7.23. The highest BCUT2D eigenvalue weighted by Gasteiger charge is 2.35. The lowest BCUT2D eigenvalue weighted by Crippen LogP contribution is -2.43. The number of hydrogen-bond donors (Lipinski definition) is 2. The second-order valence-electron chi connectivity index (χ2n) is 6.47. The van der Waals surface area contributed by atoms with Crippen molar-refractivity contribution in [1.82, 2.24) is 10.3 Å². The van der Waals surface area contributed by atoms with E-state index in [1.54, 1.807) is 26.2 Å². The number of methoxy groups -OCH3 is 1. The van der Waals surface area contributed by atoms with Crippen LogP contribution in [0, 0.1) is 0 Å². The molecule has 25 heavy (non-hydrogen) atoms. The van der Waals surface area contributed by atoms with Crippen molar-refractivity contribution < 1.29 is 14.6 Å². The Morgan fingerprint density at radius 1 is 1.36 bits per heavy atom. The second-order valence-corrected chi connectivity index (χ2v) is 6.47. The van der Waals surface area contributed by atoms with Gasteiger partial charge in [0, 0.05) is 18.3 Å². The molecule has 5 heteroatoms. The van der Waals surface area contributed by atoms with Gasteiger partial charge in [-0.2, -0.15) is 0 Å². The maximum absolute atomic E-state index is 12.7. The maximum Gasteiger partial charge on any atom is 0.256 e. The van der Waals surface area contributed by atoms with Crippen molar-refractivity contribution >= 4 is 5.91 Å². The summed E-state index contributed by atoms with van der Waals surface area (Å²) in [4.78, 5) is 17.0. The molecule has 0 unspecified atom stereocenters. The smallest absolute Gasteiger partial charge is 0.256 e. The molecule has 132 valence electrons. The van der Waals surface area contributed by atoms with Crippen LogP contribution in [-0.2, 0) is 16.9 Å². The van der Waals surface area contributed by atoms with E-state index in [2.05, 4.69) is 10.3 Å². The van der Waals surface area contributed by atoms with Crippen LogP contribution in [0.3, 0.4) is 0 Å². The summed E-state index contributed by atoms with van der Waals surface area (Å²) in [6.45, 7) is 2.06. The van der Waals surface area contributed by atoms with Gasteiger partial charge in [0.1, 0.15) is 0 Å². The summed E-state index contributed by atoms with van der Waals surface area (Å²) in [5.41, 5.74) is 1.05. The molecule has 2 aromatic rings. The van der Waals surface area contributed by atoms with Gasteiger partial charge in [-0.05, 0) is 42.4 Å². The molecule has 1 aromatic heterocycles. The van der Waals surface area contributed by atoms with Crippen molar-refractivity contribution in [2.75, 3.05) is 7.11 Å². The fraction of sp³-hybridized carbons (Fsp3) is 0.400. The number of ether oxygens (including phenoxy) is 1. The summed E-state index contributed by atoms with van der Waals surface area (Å²) >= 11 is 0. The molecule has 1 aliphatic rings. The molecule has 0 bridgehead atoms. The van der Waals surface area contributed by atoms with Crippen LogP contribution >= 0.6 is 0 Å². The molecule has 1 heterocycles. The minimum Gasteiger partial charge on any atom is -0.481 e. The third-order valence-corrected chi connectivity index (χ3v) is 4.77. The Hall–Kier alpha value is -2.40. The molecule has 0 spiro atoms. The van der Waals surface area contributed by atoms with Crippen molar-refractivity contribution in [1.29, 1.82) is 0 Å². The first kappa shape index (κ1) is 17.4. The van der Waals surface area contributed by atoms with Crippen LogP contribution in [0.15, 0.2) is 42.6 Å². The van der Waals surface area contributed by atoms with Crippen molar-refractivity contribution in [2.24, 2.45) is 0 Å². The Morgan fingerprint density at radius 3 is 2.68 bits per heavy atom. The number of carbonyl (C=O) groups excluding carboxylic acids is 1. The van der Waals surface area contributed by atoms with E-state index < -0.39 is 11.5 Å². The monoisotopic (exact) mass is 340 g/mol. The third kappa shape index (κ3) is 3.66. The molecule has 1 aromatic carbocycles. The lowest BCUT2D eigenvalue weighted by Gasteiger charge is -2.26. The van der Waals surface area contributed by atoms with Crippen molar-refractivity contribution in [3.8, 4) is 5.88 Å². The minimum atomic E-state index is -1.55. The average molecular weight is 340 g/mol. The predicted molar refractivity (Wildman–Crippen MR) is 95.2 cm³/mol. The number of benzene rings is 1. The summed E-state index contributed by atoms with van der Waals surface area (Å²) in [7, 11) is 1.57. The Labute approximate surface area is 148 Å². The molecule has 2 N–H and O–H groups in total. The van der Waals surface area contributed by atoms with Crippen LogP contribution in [0.1, 0.15) is 48.8 Å². The largest absolute Gasteiger partial charge is 0.481 e. The quantitative estimate of drug-likeness (QED) is 0.813. The van der Waals surface area contributed by atoms with E-state index in [1.807, 2.05) is 30.5 Å². The topological polar surface area (TPSA) is 71.5 Å². The number of nitrogens with one attached hydrogen (secondary N) is 1. The number of nitrogens with zero attached hydrogens (tertiary/aromatic N) is 1. The molecule has 0 radical (unpaired) electrons. The summed E-state index contributed by atoms with van der Waals surface area (Å²) in [6.07, 6.45) is 4.50. The number of rotatable bonds is 7. The fourth-order valence-electron chi connectivity index (χ4n) is 3.00. The zero-order chi connectivity index (χ0) is 17.9. The molecule has 1 saturated carbocycles. The lowest BCUT2D eigenvalue weighted by atomic mass is 9.90. The molecule has 1 atom stereocenters. The summed E-state index contributed by atoms with van der Waals surface area (Å²) in [6, 6.07) is 11.1. The first-order valence-electron chi connectivity index (χ1n) is 8.67. The van der Waals surface area contributed by atoms with Gasteiger partial charge >= 0.3 is 0 Å². The molecule has 0 saturated heterocycles. The Bertz CT molecular complexity index is 744. The fourth-order valence-corrected chi connectivity index (χ4v) is 3.00. The highest BCUT2D eigenvalue weighted by Crippen LogP contribution is 2.40. The number of aromatic nitrogens is 1. The van der Waals surface area contributed by atoms with Gasteiger partial charge in [0.2, 0.25) is 5.88 Å². The zero-order valence-electron chi connectivity index (χ0n) is 14.7. The molecule has 1 fully saturated rings. The minimum absolute atomic E-state index is 0.269. The van der Waals surface area contributed by atoms with E-state index in [0.29, 0.717) is 23.8 Å². The predicted octanol–water partition coefficient (Wildman–Crippen LogP) is 2.88. The maximum atomic E-state index is 12.7. The average Bonchev–Trinajstić information content (AvgIpc) is 3.51. The van der Waals surface area contributed by atoms with Crippen LogP contribution in [0.4, 0.5) is 0 Å². The van der Waals surface area contributed by atoms with E-state index in [9.17, 15) is 9.90 Å². The number of pyridine rings is 1. The summed E-state index contributed by atoms with van der Waals surface area (Å²) in [5, 5.41) is 13.7. The Kier molecular flexibility index (Phi) is 5.04. The SMILES string of the molecule is CC[C@](O)(C(=O)NCc1cc(C2CC2)cnc1OC)c1ccccc1. The third-order valence-electron chi connectivity index (χ3n) is 4.77. The Morgan fingerprint density at radius 2 is 2.08 bits per heavy atom. The molecule has 5 nitrogen and oxygen atoms in total. The number of amides is 1. The number of hydrogen-bond acceptors (Lipinski definition) is 4. The lowest BCUT2D eigenvalue weighted by molar-refractivity contribution is -0.141. The number of aliphatic hydroxyl groups is 1. The molecular formula is C20H24N2O3. The van der Waals surface area contributed by atoms with Gasteiger partial charge in [0.15, 0.2) is 5.60 Å². The van der Waals surface area contributed by atoms with Crippen LogP contribution in [0.2, 0.25) is 0 Å². The van der Waals surface area contributed by atoms with Crippen LogP contribution in [0.5, 0.6) is 5.88 Å². The van der Waals surface area contributed by atoms with Crippen LogP contribution < -0.4 is 10.1 Å². The van der Waals surface area contributed by atoms with E-state index in [4.69, 9.17) is 4.74 Å². The van der Waals surface area contributed by atoms with E-state index in [1.165, 1.54) is 18.4 Å². The molecule has 0 aliphatic heterocycles. The standard InChI is InChI=1S/C20H24N2O3/c1-3-20(24,17-7-5-4-6-8-17)19(23)22-13-16-11-15(14-9-10-14)12-21-18(16)25-2/h4-8,11-12,14,24H,3,9-10,13H2,1-2H3,(H,22,23)/t20-/m1/s1. The van der Waals surface area contributed by atoms with Crippen LogP contribution in [0.25, 0.3) is 0 Å². The van der Waals surface area contributed by atoms with Gasteiger partial charge in [-0.15, -0.1) is 0 Å². The normalized spacial score (nSPS) is 16.1. The zero-order valence-corrected chi connectivity index (χ0v) is 14.7. The van der Waals surface area contributed by atoms with Crippen LogP contribution in [-0.4, -0.2) is 23.1 Å². The molecule has 1 aliphatic carbocycles. The summed E-state index contributed by atoms with van der Waals surface area (Å²) < 4.78 is 5.30. The van der Waals surface area contributed by atoms with Crippen molar-refractivity contribution in [2.45, 2.75) is 44.2 Å². The molecule has 3 rings (SSSR count). The van der Waals surface area contributed by atoms with E-state index in [-0.39, 0.29) is 6.54 Å². The van der Waals surface area contributed by atoms with E-state index >= 15 is 0 Å². The van der Waals surface area contributed by atoms with Gasteiger partial charge < -0.3 is 15.2 Å². The van der Waals surface area contributed by atoms with Gasteiger partial charge in [0.05, 0.1) is 7.11 Å². The highest BCUT2D eigenvalue weighted by molar-refractivity contribution is 5.86. The molecular weight excluding hydrogens is 316 g/mol. The highest BCUT2D eigenvalue weighted by atomic mass is 16.5. The first-order valence-corrected chi connectivity index (χ1v) is 8.67. The van der Waals surface area contributed by atoms with Crippen molar-refractivity contribution in [3.63, 3.8) is 0 Å². The summed E-state index contributed by atoms with van der Waals surface area (Å²) in [5.74, 6) is 0.661. The number of carbonyl (C=O) groups is 1. The van der Waals surface area contributed by atoms with Gasteiger partial charge in [0.25, 0.3) is 5.91 Å². The molecule has 1 amide bonds. The van der Waals surface area contributed by atoms with Gasteiger partial charge in [-0.3, -0.25) is 4.79 Å². The van der Waals surface area contributed by atoms with Gasteiger partial charge in [-0.25, -0.2) is 4.98 Å². The van der Waals surface area contributed by atoms with Gasteiger partial charge in [-0.1, -0.05) is 37.3 Å².